The molecule has 5 fully saturated rings. The zero-order chi connectivity index (χ0) is 71.1. The van der Waals surface area contributed by atoms with Gasteiger partial charge in [0.1, 0.15) is 96.0 Å². The van der Waals surface area contributed by atoms with Crippen molar-refractivity contribution in [3.05, 3.63) is 63.3 Å². The zero-order valence-corrected chi connectivity index (χ0v) is 55.8. The second-order valence-electron chi connectivity index (χ2n) is 23.7. The van der Waals surface area contributed by atoms with Gasteiger partial charge in [-0.15, -0.1) is 0 Å². The maximum Gasteiger partial charge on any atom is 0.472 e. The number of phosphoric ester groups is 4. The Morgan fingerprint density at radius 1 is 0.373 bits per heavy atom. The van der Waals surface area contributed by atoms with Gasteiger partial charge in [0.2, 0.25) is 0 Å². The summed E-state index contributed by atoms with van der Waals surface area (Å²) in [4.78, 5) is 108. The normalized spacial score (nSPS) is 29.4. The van der Waals surface area contributed by atoms with Gasteiger partial charge in [-0.3, -0.25) is 59.0 Å². The van der Waals surface area contributed by atoms with Crippen LogP contribution in [0.2, 0.25) is 0 Å². The molecule has 16 N–H and O–H groups in total. The fourth-order valence-corrected chi connectivity index (χ4v) is 16.3. The highest BCUT2D eigenvalue weighted by Gasteiger charge is 2.50. The number of ether oxygens (including phenoxy) is 5. The number of imidazole rings is 5. The number of nitrogens with two attached hydrogens (primary N) is 5. The first-order valence-electron chi connectivity index (χ1n) is 30.7. The number of phosphoric acid groups is 4. The van der Waals surface area contributed by atoms with Gasteiger partial charge in [-0.2, -0.15) is 0 Å². The van der Waals surface area contributed by atoms with Gasteiger partial charge < -0.3 is 82.1 Å². The highest BCUT2D eigenvalue weighted by atomic mass is 31.2. The van der Waals surface area contributed by atoms with Gasteiger partial charge in [-0.05, 0) is 0 Å². The molecule has 102 heavy (non-hydrogen) atoms. The summed E-state index contributed by atoms with van der Waals surface area (Å²) in [6.45, 7) is -3.33. The predicted octanol–water partition coefficient (Wildman–Crippen LogP) is -0.104. The number of aliphatic hydroxyl groups excluding tert-OH is 2. The van der Waals surface area contributed by atoms with Crippen LogP contribution in [0.4, 0.5) is 29.1 Å². The number of hydrogen-bond donors (Lipinski definition) is 11. The van der Waals surface area contributed by atoms with Gasteiger partial charge in [0.05, 0.1) is 95.2 Å². The molecule has 0 bridgehead atoms. The molecule has 19 atom stereocenters. The third kappa shape index (κ3) is 14.0. The van der Waals surface area contributed by atoms with Crippen molar-refractivity contribution in [2.24, 2.45) is 0 Å². The van der Waals surface area contributed by atoms with Crippen molar-refractivity contribution in [1.82, 2.24) is 97.6 Å². The molecule has 15 heterocycles. The first-order valence-corrected chi connectivity index (χ1v) is 36.7. The van der Waals surface area contributed by atoms with E-state index in [4.69, 9.17) is 88.5 Å². The van der Waals surface area contributed by atoms with Crippen molar-refractivity contribution in [2.75, 3.05) is 61.7 Å². The second-order valence-corrected chi connectivity index (χ2v) is 29.3. The Bertz CT molecular complexity index is 4980. The Morgan fingerprint density at radius 2 is 0.637 bits per heavy atom. The van der Waals surface area contributed by atoms with Crippen LogP contribution in [0.3, 0.4) is 0 Å². The first kappa shape index (κ1) is 69.6. The molecule has 0 amide bonds. The third-order valence-electron chi connectivity index (χ3n) is 17.1. The van der Waals surface area contributed by atoms with Crippen LogP contribution < -0.4 is 28.7 Å². The Morgan fingerprint density at radius 3 is 0.941 bits per heavy atom. The van der Waals surface area contributed by atoms with Crippen LogP contribution in [0.5, 0.6) is 0 Å². The van der Waals surface area contributed by atoms with Crippen LogP contribution in [-0.2, 0) is 78.1 Å². The number of rotatable bonds is 26. The molecule has 544 valence electrons. The number of fused-ring (bicyclic) bond motifs is 5. The second kappa shape index (κ2) is 27.5. The summed E-state index contributed by atoms with van der Waals surface area (Å²) in [5, 5.41) is 21.0. The van der Waals surface area contributed by atoms with E-state index in [1.807, 2.05) is 0 Å². The van der Waals surface area contributed by atoms with E-state index in [2.05, 4.69) is 74.8 Å². The van der Waals surface area contributed by atoms with Gasteiger partial charge in [-0.1, -0.05) is 0 Å². The molecule has 52 heteroatoms. The lowest BCUT2D eigenvalue weighted by molar-refractivity contribution is -0.0651. The van der Waals surface area contributed by atoms with E-state index in [1.165, 1.54) is 67.1 Å². The van der Waals surface area contributed by atoms with E-state index >= 15 is 0 Å². The zero-order valence-electron chi connectivity index (χ0n) is 52.2. The number of aliphatic hydroxyl groups is 2. The SMILES string of the molecule is Nc1ncnc2c1ncn2[C@@H]1O[C@H](CO)C[C@H]1OP(=O)(O)OC[C@@H]1C[C@@H](OP(=O)(O)OC[C@@H]2C[C@@H](OP(=O)(O)OC[C@@H]3C[C@@H](OP(=O)(O)OC[C@H]4O[C@@H](n5cnc6c(N)ncnc65)C[C@@H]4O)[C@H](n4cnc5c(N)ncnc54)O3)[C@H](n3cnc4c(N)ncnc43)O2)[C@H](n2cnc3c(N)ncnc32)O1. The molecule has 0 aliphatic carbocycles. The molecule has 0 spiro atoms. The summed E-state index contributed by atoms with van der Waals surface area (Å²) in [6.07, 6.45) is -7.50. The third-order valence-corrected chi connectivity index (χ3v) is 21.1. The summed E-state index contributed by atoms with van der Waals surface area (Å²) in [7, 11) is -20.7. The summed E-state index contributed by atoms with van der Waals surface area (Å²) >= 11 is 0. The Labute approximate surface area is 569 Å². The molecule has 10 aromatic rings. The topological polar surface area (TPSA) is 658 Å². The molecule has 5 aliphatic heterocycles. The lowest BCUT2D eigenvalue weighted by atomic mass is 10.2. The Kier molecular flexibility index (Phi) is 18.8. The van der Waals surface area contributed by atoms with E-state index in [1.54, 1.807) is 0 Å². The largest absolute Gasteiger partial charge is 0.472 e. The van der Waals surface area contributed by atoms with Gasteiger partial charge >= 0.3 is 31.3 Å². The fraction of sp³-hybridized carbons (Fsp3) is 0.500. The van der Waals surface area contributed by atoms with Gasteiger partial charge in [-0.25, -0.2) is 93.0 Å². The van der Waals surface area contributed by atoms with Crippen molar-refractivity contribution < 1.29 is 108 Å². The number of nitrogen functional groups attached to an aromatic ring is 5. The number of aromatic nitrogens is 20. The summed E-state index contributed by atoms with van der Waals surface area (Å²) in [6, 6.07) is 0. The molecule has 0 saturated carbocycles. The molecular formula is C50H61N25O23P4. The van der Waals surface area contributed by atoms with Crippen LogP contribution in [0.1, 0.15) is 63.2 Å². The van der Waals surface area contributed by atoms with Crippen LogP contribution in [0, 0.1) is 0 Å². The maximum atomic E-state index is 14.2. The van der Waals surface area contributed by atoms with Gasteiger partial charge in [0.25, 0.3) is 0 Å². The lowest BCUT2D eigenvalue weighted by Gasteiger charge is -2.24. The Balaban J connectivity index is 0.612. The van der Waals surface area contributed by atoms with E-state index in [-0.39, 0.29) is 106 Å². The Hall–Kier alpha value is -8.09. The van der Waals surface area contributed by atoms with E-state index in [9.17, 15) is 48.0 Å². The van der Waals surface area contributed by atoms with Crippen molar-refractivity contribution in [1.29, 1.82) is 0 Å². The van der Waals surface area contributed by atoms with Crippen LogP contribution in [-0.4, -0.2) is 221 Å². The van der Waals surface area contributed by atoms with Crippen molar-refractivity contribution in [3.63, 3.8) is 0 Å². The van der Waals surface area contributed by atoms with E-state index in [0.717, 1.165) is 19.0 Å². The quantitative estimate of drug-likeness (QED) is 0.0315. The minimum Gasteiger partial charge on any atom is -0.394 e. The molecule has 5 aliphatic rings. The molecular weight excluding hydrogens is 1440 g/mol. The smallest absolute Gasteiger partial charge is 0.394 e. The molecule has 0 radical (unpaired) electrons. The fourth-order valence-electron chi connectivity index (χ4n) is 12.5. The van der Waals surface area contributed by atoms with Crippen molar-refractivity contribution in [3.8, 4) is 0 Å². The molecule has 15 rings (SSSR count). The van der Waals surface area contributed by atoms with Crippen LogP contribution >= 0.6 is 31.3 Å². The standard InChI is InChI=1S/C50H61N25O23P4/c51-37-32-42(61-11-56-37)71(16-66-32)31-5-25(77)30(94-31)10-89-102(84,85)98-29-4-24(93-50(29)75-20-70-36-41(55)60-15-65-46(36)75)9-88-101(82,83)97-28-3-23(92-49(28)74-19-69-35-40(54)59-14-64-45(35)74)8-87-100(80,81)96-27-2-22(91-48(27)73-18-68-34-39(53)58-13-63-44(34)73)7-86-99(78,79)95-26-1-21(6-76)90-47(26)72-17-67-33-38(52)57-12-62-43(33)72/h11-31,47-50,76-77H,1-10H2,(H,78,79)(H,80,81)(H,82,83)(H,84,85)(H2,51,56,61)(H2,52,57,62)(H2,53,58,63)(H2,54,59,64)(H2,55,60,65)/t21-,22-,23-,24-,25-,26+,27+,28+,29+,30+,31+,47+,48+,49+,50+/m0/s1. The monoisotopic (exact) mass is 1500 g/mol. The minimum atomic E-state index is -5.28. The summed E-state index contributed by atoms with van der Waals surface area (Å²) < 4.78 is 139. The minimum absolute atomic E-state index is 0.00314. The average Bonchev–Trinajstić information content (AvgIpc) is 1.67. The number of anilines is 5. The van der Waals surface area contributed by atoms with Crippen molar-refractivity contribution in [2.45, 2.75) is 124 Å². The first-order chi connectivity index (χ1) is 48.8. The summed E-state index contributed by atoms with van der Waals surface area (Å²) in [5.41, 5.74) is 31.8. The number of nitrogens with zero attached hydrogens (tertiary/aromatic N) is 20. The van der Waals surface area contributed by atoms with Gasteiger partial charge in [0, 0.05) is 32.1 Å². The molecule has 48 nitrogen and oxygen atoms in total. The van der Waals surface area contributed by atoms with Crippen molar-refractivity contribution >= 4 is 116 Å². The highest BCUT2D eigenvalue weighted by Crippen LogP contribution is 2.56. The summed E-state index contributed by atoms with van der Waals surface area (Å²) in [5.74, 6) is 0.0775. The van der Waals surface area contributed by atoms with Crippen LogP contribution in [0.15, 0.2) is 63.3 Å². The molecule has 10 aromatic heterocycles. The highest BCUT2D eigenvalue weighted by molar-refractivity contribution is 7.48. The van der Waals surface area contributed by atoms with E-state index in [0.29, 0.717) is 11.2 Å². The molecule has 5 saturated heterocycles. The van der Waals surface area contributed by atoms with Gasteiger partial charge in [0.15, 0.2) is 82.2 Å². The molecule has 0 aromatic carbocycles. The predicted molar refractivity (Wildman–Crippen MR) is 337 cm³/mol. The average molecular weight is 1500 g/mol. The number of hydrogen-bond acceptors (Lipinski definition) is 39. The van der Waals surface area contributed by atoms with Crippen LogP contribution in [0.25, 0.3) is 55.8 Å². The van der Waals surface area contributed by atoms with E-state index < -0.39 is 157 Å². The molecule has 4 unspecified atom stereocenters. The lowest BCUT2D eigenvalue weighted by Crippen LogP contribution is -2.27. The maximum absolute atomic E-state index is 14.2.